The minimum atomic E-state index is -0.498. The van der Waals surface area contributed by atoms with Gasteiger partial charge in [-0.25, -0.2) is 0 Å². The van der Waals surface area contributed by atoms with Gasteiger partial charge in [-0.05, 0) is 68.1 Å². The Hall–Kier alpha value is -6.96. The van der Waals surface area contributed by atoms with Crippen LogP contribution in [0.1, 0.15) is 22.3 Å². The minimum absolute atomic E-state index is 0.498. The molecule has 1 nitrogen and oxygen atoms in total. The van der Waals surface area contributed by atoms with E-state index in [1.807, 2.05) is 0 Å². The van der Waals surface area contributed by atoms with Crippen LogP contribution in [0.2, 0.25) is 0 Å². The molecule has 0 aromatic heterocycles. The second kappa shape index (κ2) is 13.2. The zero-order chi connectivity index (χ0) is 35.9. The van der Waals surface area contributed by atoms with E-state index < -0.39 is 5.41 Å². The molecule has 0 heterocycles. The molecule has 0 aliphatic heterocycles. The summed E-state index contributed by atoms with van der Waals surface area (Å²) in [4.78, 5) is 2.52. The van der Waals surface area contributed by atoms with Crippen molar-refractivity contribution < 1.29 is 0 Å². The van der Waals surface area contributed by atoms with Crippen LogP contribution in [0.15, 0.2) is 224 Å². The Kier molecular flexibility index (Phi) is 7.78. The molecule has 0 fully saturated rings. The van der Waals surface area contributed by atoms with E-state index in [2.05, 4.69) is 229 Å². The SMILES string of the molecule is c1ccc(-c2ccc(-c3ccccc3N(c3cccc4c3-c3ccccc3C4(c3ccccc3)c3ccccc3)c3cccc4ccccc34)cc2)cc1. The van der Waals surface area contributed by atoms with Crippen LogP contribution in [0, 0.1) is 0 Å². The monoisotopic (exact) mass is 687 g/mol. The quantitative estimate of drug-likeness (QED) is 0.161. The molecule has 0 bridgehead atoms. The Morgan fingerprint density at radius 3 is 1.52 bits per heavy atom. The highest BCUT2D eigenvalue weighted by molar-refractivity contribution is 6.05. The Labute approximate surface area is 317 Å². The molecular weight excluding hydrogens is 651 g/mol. The lowest BCUT2D eigenvalue weighted by molar-refractivity contribution is 0.768. The van der Waals surface area contributed by atoms with Crippen LogP contribution in [0.25, 0.3) is 44.2 Å². The van der Waals surface area contributed by atoms with Gasteiger partial charge >= 0.3 is 0 Å². The molecule has 0 saturated heterocycles. The van der Waals surface area contributed by atoms with Gasteiger partial charge in [0.1, 0.15) is 0 Å². The summed E-state index contributed by atoms with van der Waals surface area (Å²) < 4.78 is 0. The first kappa shape index (κ1) is 31.7. The van der Waals surface area contributed by atoms with Crippen LogP contribution < -0.4 is 4.90 Å². The van der Waals surface area contributed by atoms with Gasteiger partial charge < -0.3 is 4.90 Å². The summed E-state index contributed by atoms with van der Waals surface area (Å²) in [5.74, 6) is 0. The summed E-state index contributed by atoms with van der Waals surface area (Å²) in [5.41, 5.74) is 15.3. The minimum Gasteiger partial charge on any atom is -0.309 e. The van der Waals surface area contributed by atoms with Crippen LogP contribution in [-0.4, -0.2) is 0 Å². The van der Waals surface area contributed by atoms with Crippen molar-refractivity contribution in [1.82, 2.24) is 0 Å². The second-order valence-electron chi connectivity index (χ2n) is 14.0. The smallest absolute Gasteiger partial charge is 0.0714 e. The summed E-state index contributed by atoms with van der Waals surface area (Å²) in [7, 11) is 0. The summed E-state index contributed by atoms with van der Waals surface area (Å²) >= 11 is 0. The second-order valence-corrected chi connectivity index (χ2v) is 14.0. The van der Waals surface area contributed by atoms with Crippen LogP contribution in [0.4, 0.5) is 17.1 Å². The van der Waals surface area contributed by atoms with Crippen LogP contribution >= 0.6 is 0 Å². The van der Waals surface area contributed by atoms with Crippen molar-refractivity contribution in [2.24, 2.45) is 0 Å². The molecule has 0 spiro atoms. The van der Waals surface area contributed by atoms with Gasteiger partial charge in [0.05, 0.1) is 22.5 Å². The van der Waals surface area contributed by atoms with Crippen LogP contribution in [0.5, 0.6) is 0 Å². The first-order chi connectivity index (χ1) is 26.8. The maximum absolute atomic E-state index is 2.52. The fourth-order valence-corrected chi connectivity index (χ4v) is 8.84. The van der Waals surface area contributed by atoms with Gasteiger partial charge in [-0.3, -0.25) is 0 Å². The van der Waals surface area contributed by atoms with Crippen molar-refractivity contribution in [2.75, 3.05) is 4.90 Å². The molecule has 0 amide bonds. The van der Waals surface area contributed by atoms with E-state index in [1.54, 1.807) is 0 Å². The van der Waals surface area contributed by atoms with E-state index in [0.717, 1.165) is 17.1 Å². The number of anilines is 3. The number of fused-ring (bicyclic) bond motifs is 4. The highest BCUT2D eigenvalue weighted by Gasteiger charge is 2.47. The number of hydrogen-bond donors (Lipinski definition) is 0. The highest BCUT2D eigenvalue weighted by atomic mass is 15.1. The van der Waals surface area contributed by atoms with Gasteiger partial charge in [-0.2, -0.15) is 0 Å². The molecule has 0 unspecified atom stereocenters. The van der Waals surface area contributed by atoms with Gasteiger partial charge in [0.2, 0.25) is 0 Å². The predicted molar refractivity (Wildman–Crippen MR) is 227 cm³/mol. The number of benzene rings is 9. The molecule has 9 aromatic rings. The van der Waals surface area contributed by atoms with Crippen molar-refractivity contribution in [3.05, 3.63) is 247 Å². The number of rotatable bonds is 7. The van der Waals surface area contributed by atoms with E-state index in [0.29, 0.717) is 0 Å². The Morgan fingerprint density at radius 2 is 0.778 bits per heavy atom. The molecule has 1 aliphatic carbocycles. The lowest BCUT2D eigenvalue weighted by Crippen LogP contribution is -2.28. The third-order valence-corrected chi connectivity index (χ3v) is 11.2. The molecule has 0 saturated carbocycles. The fourth-order valence-electron chi connectivity index (χ4n) is 8.84. The Morgan fingerprint density at radius 1 is 0.296 bits per heavy atom. The fraction of sp³-hybridized carbons (Fsp3) is 0.0189. The molecule has 1 heteroatoms. The van der Waals surface area contributed by atoms with Gasteiger partial charge in [-0.15, -0.1) is 0 Å². The molecule has 10 rings (SSSR count). The van der Waals surface area contributed by atoms with Crippen molar-refractivity contribution in [2.45, 2.75) is 5.41 Å². The highest BCUT2D eigenvalue weighted by Crippen LogP contribution is 2.60. The summed E-state index contributed by atoms with van der Waals surface area (Å²) in [5, 5.41) is 2.41. The zero-order valence-electron chi connectivity index (χ0n) is 29.8. The van der Waals surface area contributed by atoms with Crippen molar-refractivity contribution in [3.63, 3.8) is 0 Å². The molecule has 0 atom stereocenters. The number of para-hydroxylation sites is 1. The molecule has 1 aliphatic rings. The molecule has 0 N–H and O–H groups in total. The van der Waals surface area contributed by atoms with Crippen molar-refractivity contribution >= 4 is 27.8 Å². The predicted octanol–water partition coefficient (Wildman–Crippen LogP) is 14.0. The Balaban J connectivity index is 1.27. The van der Waals surface area contributed by atoms with Gasteiger partial charge in [-0.1, -0.05) is 206 Å². The molecule has 254 valence electrons. The molecular formula is C53H37N. The average molecular weight is 688 g/mol. The van der Waals surface area contributed by atoms with Gasteiger partial charge in [0.15, 0.2) is 0 Å². The standard InChI is InChI=1S/C53H37N/c1-4-18-38(19-5-1)39-34-36-41(37-35-39)45-27-13-15-31-49(45)54(50-32-16-21-40-20-10-11-26-44(40)50)51-33-17-30-48-52(51)46-28-12-14-29-47(46)53(48,42-22-6-2-7-23-42)43-24-8-3-9-25-43/h1-37H. The van der Waals surface area contributed by atoms with E-state index in [-0.39, 0.29) is 0 Å². The lowest BCUT2D eigenvalue weighted by Gasteiger charge is -2.35. The maximum Gasteiger partial charge on any atom is 0.0714 e. The normalized spacial score (nSPS) is 12.6. The summed E-state index contributed by atoms with van der Waals surface area (Å²) in [6.45, 7) is 0. The van der Waals surface area contributed by atoms with Crippen molar-refractivity contribution in [1.29, 1.82) is 0 Å². The molecule has 9 aromatic carbocycles. The van der Waals surface area contributed by atoms with Crippen molar-refractivity contribution in [3.8, 4) is 33.4 Å². The van der Waals surface area contributed by atoms with Gasteiger partial charge in [0, 0.05) is 16.5 Å². The van der Waals surface area contributed by atoms with E-state index in [1.165, 1.54) is 66.4 Å². The van der Waals surface area contributed by atoms with E-state index in [9.17, 15) is 0 Å². The zero-order valence-corrected chi connectivity index (χ0v) is 29.8. The first-order valence-corrected chi connectivity index (χ1v) is 18.7. The first-order valence-electron chi connectivity index (χ1n) is 18.7. The average Bonchev–Trinajstić information content (AvgIpc) is 3.57. The topological polar surface area (TPSA) is 3.24 Å². The third-order valence-electron chi connectivity index (χ3n) is 11.2. The molecule has 0 radical (unpaired) electrons. The van der Waals surface area contributed by atoms with Crippen LogP contribution in [-0.2, 0) is 5.41 Å². The number of nitrogens with zero attached hydrogens (tertiary/aromatic N) is 1. The van der Waals surface area contributed by atoms with Crippen LogP contribution in [0.3, 0.4) is 0 Å². The largest absolute Gasteiger partial charge is 0.309 e. The number of hydrogen-bond acceptors (Lipinski definition) is 1. The summed E-state index contributed by atoms with van der Waals surface area (Å²) in [6.07, 6.45) is 0. The molecule has 54 heavy (non-hydrogen) atoms. The van der Waals surface area contributed by atoms with Gasteiger partial charge in [0.25, 0.3) is 0 Å². The van der Waals surface area contributed by atoms with E-state index >= 15 is 0 Å². The lowest BCUT2D eigenvalue weighted by atomic mass is 9.68. The third kappa shape index (κ3) is 5.01. The van der Waals surface area contributed by atoms with E-state index in [4.69, 9.17) is 0 Å². The Bertz CT molecular complexity index is 2700. The maximum atomic E-state index is 2.52. The summed E-state index contributed by atoms with van der Waals surface area (Å²) in [6, 6.07) is 82.0.